The van der Waals surface area contributed by atoms with Crippen LogP contribution in [0, 0.1) is 22.7 Å². The first-order chi connectivity index (χ1) is 14.3. The Labute approximate surface area is 187 Å². The predicted octanol–water partition coefficient (Wildman–Crippen LogP) is 3.34. The van der Waals surface area contributed by atoms with Crippen molar-refractivity contribution in [2.45, 2.75) is 94.4 Å². The van der Waals surface area contributed by atoms with E-state index in [2.05, 4.69) is 0 Å². The Balaban J connectivity index is 1.84. The van der Waals surface area contributed by atoms with Gasteiger partial charge in [-0.15, -0.1) is 0 Å². The zero-order chi connectivity index (χ0) is 23.0. The van der Waals surface area contributed by atoms with Crippen molar-refractivity contribution < 1.29 is 29.3 Å². The first-order valence-electron chi connectivity index (χ1n) is 11.5. The summed E-state index contributed by atoms with van der Waals surface area (Å²) in [5, 5.41) is 33.7. The molecule has 4 rings (SSSR count). The van der Waals surface area contributed by atoms with Crippen molar-refractivity contribution in [3.05, 3.63) is 11.6 Å². The summed E-state index contributed by atoms with van der Waals surface area (Å²) >= 11 is 1.40. The largest absolute Gasteiger partial charge is 0.390 e. The van der Waals surface area contributed by atoms with Crippen LogP contribution in [-0.4, -0.2) is 55.4 Å². The fourth-order valence-electron chi connectivity index (χ4n) is 8.08. The first-order valence-corrected chi connectivity index (χ1v) is 12.7. The molecule has 0 saturated heterocycles. The zero-order valence-electron chi connectivity index (χ0n) is 18.9. The number of hydrogen-bond donors (Lipinski definition) is 3. The molecular formula is C24H35FO5S. The lowest BCUT2D eigenvalue weighted by Crippen LogP contribution is -2.71. The van der Waals surface area contributed by atoms with Crippen molar-refractivity contribution in [1.29, 1.82) is 0 Å². The maximum Gasteiger partial charge on any atom is 0.178 e. The summed E-state index contributed by atoms with van der Waals surface area (Å²) < 4.78 is 16.2. The number of aliphatic hydroxyl groups is 3. The lowest BCUT2D eigenvalue weighted by Gasteiger charge is -2.64. The molecule has 4 aliphatic rings. The Hall–Kier alpha value is -0.760. The summed E-state index contributed by atoms with van der Waals surface area (Å²) in [5.74, 6) is -3.30. The molecule has 3 saturated carbocycles. The number of ketones is 2. The zero-order valence-corrected chi connectivity index (χ0v) is 19.7. The summed E-state index contributed by atoms with van der Waals surface area (Å²) in [6, 6.07) is 0. The molecule has 0 spiro atoms. The molecule has 7 atom stereocenters. The van der Waals surface area contributed by atoms with Gasteiger partial charge in [0.1, 0.15) is 5.67 Å². The van der Waals surface area contributed by atoms with Gasteiger partial charge in [-0.1, -0.05) is 27.2 Å². The predicted molar refractivity (Wildman–Crippen MR) is 117 cm³/mol. The van der Waals surface area contributed by atoms with Gasteiger partial charge in [0.25, 0.3) is 0 Å². The van der Waals surface area contributed by atoms with E-state index in [4.69, 9.17) is 0 Å². The minimum absolute atomic E-state index is 0.0510. The van der Waals surface area contributed by atoms with E-state index >= 15 is 4.39 Å². The number of carbonyl (C=O) groups excluding carboxylic acids is 2. The van der Waals surface area contributed by atoms with Crippen LogP contribution in [-0.2, 0) is 9.59 Å². The molecular weight excluding hydrogens is 419 g/mol. The standard InChI is InChI=1S/C24H35FO5S/c1-5-8-23(29,30)22(31-4)10-7-15-16-12-18(27)17-11-14(26)6-9-20(17,2)24(16,25)19(28)13-21(15,22)3/h11,15-16,19,28-30H,5-10,12-13H2,1-4H3/t15-,16-,19?,20-,21-,22?,24+/m0/s1. The topological polar surface area (TPSA) is 94.8 Å². The molecule has 31 heavy (non-hydrogen) atoms. The van der Waals surface area contributed by atoms with Gasteiger partial charge >= 0.3 is 0 Å². The minimum Gasteiger partial charge on any atom is -0.390 e. The van der Waals surface area contributed by atoms with E-state index in [9.17, 15) is 24.9 Å². The molecule has 0 aromatic carbocycles. The molecule has 2 unspecified atom stereocenters. The third-order valence-electron chi connectivity index (χ3n) is 9.59. The van der Waals surface area contributed by atoms with Gasteiger partial charge in [-0.3, -0.25) is 9.59 Å². The Morgan fingerprint density at radius 3 is 2.52 bits per heavy atom. The van der Waals surface area contributed by atoms with Crippen molar-refractivity contribution in [2.75, 3.05) is 6.26 Å². The molecule has 0 heterocycles. The number of alkyl halides is 1. The average molecular weight is 455 g/mol. The number of halogens is 1. The summed E-state index contributed by atoms with van der Waals surface area (Å²) in [5.41, 5.74) is -3.74. The molecule has 3 N–H and O–H groups in total. The highest BCUT2D eigenvalue weighted by Gasteiger charge is 2.76. The van der Waals surface area contributed by atoms with Gasteiger partial charge in [0, 0.05) is 36.2 Å². The molecule has 0 aromatic rings. The van der Waals surface area contributed by atoms with Crippen LogP contribution in [0.3, 0.4) is 0 Å². The molecule has 4 aliphatic carbocycles. The van der Waals surface area contributed by atoms with Gasteiger partial charge in [-0.2, -0.15) is 11.8 Å². The monoisotopic (exact) mass is 454 g/mol. The van der Waals surface area contributed by atoms with Crippen molar-refractivity contribution in [3.8, 4) is 0 Å². The highest BCUT2D eigenvalue weighted by Crippen LogP contribution is 2.73. The molecule has 0 bridgehead atoms. The van der Waals surface area contributed by atoms with Gasteiger partial charge in [0.2, 0.25) is 0 Å². The number of fused-ring (bicyclic) bond motifs is 5. The highest BCUT2D eigenvalue weighted by atomic mass is 32.2. The lowest BCUT2D eigenvalue weighted by molar-refractivity contribution is -0.244. The van der Waals surface area contributed by atoms with Gasteiger partial charge in [0.05, 0.1) is 10.9 Å². The van der Waals surface area contributed by atoms with Crippen LogP contribution in [0.5, 0.6) is 0 Å². The number of hydrogen-bond acceptors (Lipinski definition) is 6. The van der Waals surface area contributed by atoms with Crippen LogP contribution in [0.25, 0.3) is 0 Å². The second-order valence-electron chi connectivity index (χ2n) is 10.7. The van der Waals surface area contributed by atoms with Crippen LogP contribution >= 0.6 is 11.8 Å². The molecule has 5 nitrogen and oxygen atoms in total. The van der Waals surface area contributed by atoms with E-state index < -0.39 is 39.1 Å². The fraction of sp³-hybridized carbons (Fsp3) is 0.833. The highest BCUT2D eigenvalue weighted by molar-refractivity contribution is 8.00. The number of carbonyl (C=O) groups is 2. The second-order valence-corrected chi connectivity index (χ2v) is 11.8. The maximum absolute atomic E-state index is 17.2. The van der Waals surface area contributed by atoms with Crippen LogP contribution in [0.15, 0.2) is 11.6 Å². The number of rotatable bonds is 4. The maximum atomic E-state index is 17.2. The van der Waals surface area contributed by atoms with E-state index in [0.717, 1.165) is 0 Å². The van der Waals surface area contributed by atoms with Gasteiger partial charge in [-0.05, 0) is 49.3 Å². The van der Waals surface area contributed by atoms with Crippen molar-refractivity contribution in [3.63, 3.8) is 0 Å². The minimum atomic E-state index is -2.02. The quantitative estimate of drug-likeness (QED) is 0.564. The Morgan fingerprint density at radius 1 is 1.23 bits per heavy atom. The number of aliphatic hydroxyl groups excluding tert-OH is 1. The van der Waals surface area contributed by atoms with Crippen molar-refractivity contribution in [2.24, 2.45) is 22.7 Å². The van der Waals surface area contributed by atoms with Gasteiger partial charge in [0.15, 0.2) is 17.4 Å². The summed E-state index contributed by atoms with van der Waals surface area (Å²) in [6.45, 7) is 5.53. The molecule has 0 radical (unpaired) electrons. The smallest absolute Gasteiger partial charge is 0.178 e. The van der Waals surface area contributed by atoms with Crippen LogP contribution in [0.4, 0.5) is 4.39 Å². The van der Waals surface area contributed by atoms with Gasteiger partial charge < -0.3 is 15.3 Å². The third kappa shape index (κ3) is 2.66. The molecule has 0 aromatic heterocycles. The second kappa shape index (κ2) is 7.12. The molecule has 7 heteroatoms. The van der Waals surface area contributed by atoms with E-state index in [-0.39, 0.29) is 55.2 Å². The Kier molecular flexibility index (Phi) is 5.37. The normalized spacial score (nSPS) is 47.5. The lowest BCUT2D eigenvalue weighted by atomic mass is 9.43. The van der Waals surface area contributed by atoms with E-state index in [1.54, 1.807) is 6.92 Å². The fourth-order valence-corrected chi connectivity index (χ4v) is 9.54. The molecule has 174 valence electrons. The number of Topliss-reactive ketones (excluding diaryl/α,β-unsaturated/α-hetero) is 1. The van der Waals surface area contributed by atoms with Gasteiger partial charge in [-0.25, -0.2) is 4.39 Å². The third-order valence-corrected chi connectivity index (χ3v) is 11.3. The number of thioether (sulfide) groups is 1. The SMILES string of the molecule is CCCC(O)(O)C1(SC)CC[C@H]2[C@@H]3CC(=O)C4=CC(=O)CC[C@]4(C)[C@]3(F)C(O)C[C@@]21C. The molecule has 3 fully saturated rings. The molecule has 0 amide bonds. The Bertz CT molecular complexity index is 842. The van der Waals surface area contributed by atoms with Crippen LogP contribution in [0.2, 0.25) is 0 Å². The van der Waals surface area contributed by atoms with E-state index in [1.165, 1.54) is 17.8 Å². The Morgan fingerprint density at radius 2 is 1.90 bits per heavy atom. The average Bonchev–Trinajstić information content (AvgIpc) is 2.99. The van der Waals surface area contributed by atoms with Crippen molar-refractivity contribution in [1.82, 2.24) is 0 Å². The van der Waals surface area contributed by atoms with E-state index in [1.807, 2.05) is 20.1 Å². The first kappa shape index (κ1) is 23.4. The number of allylic oxidation sites excluding steroid dienone is 1. The molecule has 0 aliphatic heterocycles. The summed E-state index contributed by atoms with van der Waals surface area (Å²) in [4.78, 5) is 25.1. The van der Waals surface area contributed by atoms with Crippen LogP contribution in [0.1, 0.15) is 72.1 Å². The van der Waals surface area contributed by atoms with Crippen LogP contribution < -0.4 is 0 Å². The van der Waals surface area contributed by atoms with Crippen molar-refractivity contribution >= 4 is 23.3 Å². The van der Waals surface area contributed by atoms with E-state index in [0.29, 0.717) is 19.3 Å². The summed E-state index contributed by atoms with van der Waals surface area (Å²) in [6.07, 6.45) is 4.10. The summed E-state index contributed by atoms with van der Waals surface area (Å²) in [7, 11) is 0.